The van der Waals surface area contributed by atoms with Gasteiger partial charge >= 0.3 is 0 Å². The van der Waals surface area contributed by atoms with Gasteiger partial charge < -0.3 is 14.8 Å². The Hall–Kier alpha value is -2.67. The van der Waals surface area contributed by atoms with Crippen molar-refractivity contribution >= 4 is 11.6 Å². The van der Waals surface area contributed by atoms with Gasteiger partial charge in [0.15, 0.2) is 11.5 Å². The van der Waals surface area contributed by atoms with Crippen LogP contribution < -0.4 is 14.8 Å². The molecule has 0 fully saturated rings. The fraction of sp³-hybridized carbons (Fsp3) is 0.350. The number of nitrogens with zero attached hydrogens (tertiary/aromatic N) is 1. The van der Waals surface area contributed by atoms with Crippen molar-refractivity contribution < 1.29 is 23.0 Å². The number of benzene rings is 2. The summed E-state index contributed by atoms with van der Waals surface area (Å²) in [4.78, 5) is 14.3. The second-order valence-corrected chi connectivity index (χ2v) is 6.47. The third-order valence-corrected chi connectivity index (χ3v) is 4.86. The first-order valence-corrected chi connectivity index (χ1v) is 8.66. The van der Waals surface area contributed by atoms with Crippen LogP contribution in [-0.2, 0) is 11.2 Å². The van der Waals surface area contributed by atoms with Gasteiger partial charge in [-0.15, -0.1) is 0 Å². The summed E-state index contributed by atoms with van der Waals surface area (Å²) in [6, 6.07) is 6.96. The van der Waals surface area contributed by atoms with Crippen LogP contribution in [0.5, 0.6) is 11.5 Å². The number of hydrogen-bond donors (Lipinski definition) is 1. The third kappa shape index (κ3) is 4.03. The lowest BCUT2D eigenvalue weighted by Gasteiger charge is -2.35. The van der Waals surface area contributed by atoms with E-state index in [9.17, 15) is 13.6 Å². The summed E-state index contributed by atoms with van der Waals surface area (Å²) < 4.78 is 37.4. The number of fused-ring (bicyclic) bond motifs is 1. The number of methoxy groups -OCH3 is 2. The van der Waals surface area contributed by atoms with Crippen LogP contribution in [0.15, 0.2) is 30.3 Å². The van der Waals surface area contributed by atoms with Gasteiger partial charge in [0.05, 0.1) is 26.5 Å². The number of nitrogens with one attached hydrogen (secondary N) is 1. The zero-order valence-corrected chi connectivity index (χ0v) is 15.5. The SMILES string of the molecule is COc1cc2c(cc1OC)[C@H](C)N(CC(=O)Nc1ccc(F)cc1F)CC2. The molecule has 1 N–H and O–H groups in total. The van der Waals surface area contributed by atoms with Crippen LogP contribution in [0.1, 0.15) is 24.1 Å². The summed E-state index contributed by atoms with van der Waals surface area (Å²) in [6.45, 7) is 2.80. The fourth-order valence-electron chi connectivity index (χ4n) is 3.38. The van der Waals surface area contributed by atoms with E-state index in [4.69, 9.17) is 9.47 Å². The molecule has 0 unspecified atom stereocenters. The summed E-state index contributed by atoms with van der Waals surface area (Å²) >= 11 is 0. The zero-order chi connectivity index (χ0) is 19.6. The molecule has 0 saturated heterocycles. The Morgan fingerprint density at radius 3 is 2.56 bits per heavy atom. The first-order valence-electron chi connectivity index (χ1n) is 8.66. The minimum atomic E-state index is -0.794. The third-order valence-electron chi connectivity index (χ3n) is 4.86. The quantitative estimate of drug-likeness (QED) is 0.867. The highest BCUT2D eigenvalue weighted by Crippen LogP contribution is 2.37. The van der Waals surface area contributed by atoms with Crippen LogP contribution in [0.2, 0.25) is 0 Å². The maximum Gasteiger partial charge on any atom is 0.238 e. The first kappa shape index (κ1) is 19.1. The molecule has 2 aromatic carbocycles. The van der Waals surface area contributed by atoms with Gasteiger partial charge in [-0.3, -0.25) is 9.69 Å². The Balaban J connectivity index is 1.73. The van der Waals surface area contributed by atoms with Crippen molar-refractivity contribution in [1.82, 2.24) is 4.90 Å². The van der Waals surface area contributed by atoms with Crippen molar-refractivity contribution in [3.8, 4) is 11.5 Å². The predicted octanol–water partition coefficient (Wildman–Crippen LogP) is 3.54. The molecule has 144 valence electrons. The van der Waals surface area contributed by atoms with Gasteiger partial charge in [-0.1, -0.05) is 0 Å². The monoisotopic (exact) mass is 376 g/mol. The molecule has 1 aliphatic heterocycles. The molecule has 0 radical (unpaired) electrons. The summed E-state index contributed by atoms with van der Waals surface area (Å²) in [7, 11) is 3.18. The molecular formula is C20H22F2N2O3. The lowest BCUT2D eigenvalue weighted by atomic mass is 9.93. The van der Waals surface area contributed by atoms with Gasteiger partial charge in [0.25, 0.3) is 0 Å². The van der Waals surface area contributed by atoms with Gasteiger partial charge in [-0.25, -0.2) is 8.78 Å². The molecule has 0 aliphatic carbocycles. The Morgan fingerprint density at radius 1 is 1.19 bits per heavy atom. The smallest absolute Gasteiger partial charge is 0.238 e. The van der Waals surface area contributed by atoms with Crippen molar-refractivity contribution in [2.24, 2.45) is 0 Å². The maximum absolute atomic E-state index is 13.7. The first-order chi connectivity index (χ1) is 12.9. The number of rotatable bonds is 5. The summed E-state index contributed by atoms with van der Waals surface area (Å²) in [6.07, 6.45) is 0.762. The largest absolute Gasteiger partial charge is 0.493 e. The maximum atomic E-state index is 13.7. The van der Waals surface area contributed by atoms with Gasteiger partial charge in [0.1, 0.15) is 11.6 Å². The highest BCUT2D eigenvalue weighted by molar-refractivity contribution is 5.92. The summed E-state index contributed by atoms with van der Waals surface area (Å²) in [5.74, 6) is -0.506. The normalized spacial score (nSPS) is 16.6. The average Bonchev–Trinajstić information content (AvgIpc) is 2.65. The number of anilines is 1. The molecule has 0 saturated carbocycles. The topological polar surface area (TPSA) is 50.8 Å². The van der Waals surface area contributed by atoms with E-state index in [1.165, 1.54) is 6.07 Å². The Bertz CT molecular complexity index is 857. The van der Waals surface area contributed by atoms with E-state index < -0.39 is 11.6 Å². The van der Waals surface area contributed by atoms with E-state index in [0.29, 0.717) is 18.0 Å². The van der Waals surface area contributed by atoms with Crippen molar-refractivity contribution in [2.75, 3.05) is 32.6 Å². The molecule has 1 aliphatic rings. The number of carbonyl (C=O) groups is 1. The predicted molar refractivity (Wildman–Crippen MR) is 98.2 cm³/mol. The van der Waals surface area contributed by atoms with E-state index in [1.54, 1.807) is 14.2 Å². The van der Waals surface area contributed by atoms with E-state index in [1.807, 2.05) is 24.0 Å². The molecule has 0 bridgehead atoms. The summed E-state index contributed by atoms with van der Waals surface area (Å²) in [5.41, 5.74) is 2.19. The van der Waals surface area contributed by atoms with E-state index in [0.717, 1.165) is 29.7 Å². The van der Waals surface area contributed by atoms with E-state index in [2.05, 4.69) is 5.32 Å². The van der Waals surface area contributed by atoms with E-state index >= 15 is 0 Å². The molecule has 3 rings (SSSR count). The van der Waals surface area contributed by atoms with Crippen LogP contribution in [0.25, 0.3) is 0 Å². The van der Waals surface area contributed by atoms with Gasteiger partial charge in [-0.05, 0) is 48.7 Å². The lowest BCUT2D eigenvalue weighted by molar-refractivity contribution is -0.117. The van der Waals surface area contributed by atoms with Gasteiger partial charge in [-0.2, -0.15) is 0 Å². The van der Waals surface area contributed by atoms with Crippen LogP contribution in [0.3, 0.4) is 0 Å². The van der Waals surface area contributed by atoms with E-state index in [-0.39, 0.29) is 24.2 Å². The van der Waals surface area contributed by atoms with Crippen LogP contribution >= 0.6 is 0 Å². The molecule has 0 aromatic heterocycles. The molecule has 7 heteroatoms. The Labute approximate surface area is 156 Å². The molecule has 27 heavy (non-hydrogen) atoms. The minimum Gasteiger partial charge on any atom is -0.493 e. The number of halogens is 2. The van der Waals surface area contributed by atoms with Gasteiger partial charge in [0, 0.05) is 18.7 Å². The minimum absolute atomic E-state index is 0.0163. The zero-order valence-electron chi connectivity index (χ0n) is 15.5. The Morgan fingerprint density at radius 2 is 1.89 bits per heavy atom. The number of ether oxygens (including phenoxy) is 2. The highest BCUT2D eigenvalue weighted by Gasteiger charge is 2.27. The molecule has 1 heterocycles. The lowest BCUT2D eigenvalue weighted by Crippen LogP contribution is -2.39. The van der Waals surface area contributed by atoms with Crippen molar-refractivity contribution in [3.63, 3.8) is 0 Å². The van der Waals surface area contributed by atoms with Crippen LogP contribution in [0, 0.1) is 11.6 Å². The molecule has 0 spiro atoms. The van der Waals surface area contributed by atoms with Gasteiger partial charge in [0.2, 0.25) is 5.91 Å². The standard InChI is InChI=1S/C20H22F2N2O3/c1-12-15-10-19(27-3)18(26-2)8-13(15)6-7-24(12)11-20(25)23-17-5-4-14(21)9-16(17)22/h4-5,8-10,12H,6-7,11H2,1-3H3,(H,23,25)/t12-/m0/s1. The Kier molecular flexibility index (Phi) is 5.60. The molecule has 2 aromatic rings. The molecular weight excluding hydrogens is 354 g/mol. The molecule has 1 amide bonds. The number of hydrogen-bond acceptors (Lipinski definition) is 4. The summed E-state index contributed by atoms with van der Waals surface area (Å²) in [5, 5.41) is 2.50. The van der Waals surface area contributed by atoms with Crippen molar-refractivity contribution in [1.29, 1.82) is 0 Å². The van der Waals surface area contributed by atoms with Crippen molar-refractivity contribution in [3.05, 3.63) is 53.1 Å². The average molecular weight is 376 g/mol. The van der Waals surface area contributed by atoms with Crippen LogP contribution in [-0.4, -0.2) is 38.1 Å². The van der Waals surface area contributed by atoms with Crippen molar-refractivity contribution in [2.45, 2.75) is 19.4 Å². The second-order valence-electron chi connectivity index (χ2n) is 6.47. The number of amides is 1. The second kappa shape index (κ2) is 7.92. The fourth-order valence-corrected chi connectivity index (χ4v) is 3.38. The molecule has 1 atom stereocenters. The highest BCUT2D eigenvalue weighted by atomic mass is 19.1. The van der Waals surface area contributed by atoms with Crippen LogP contribution in [0.4, 0.5) is 14.5 Å². The molecule has 5 nitrogen and oxygen atoms in total. The number of carbonyl (C=O) groups excluding carboxylic acids is 1.